The number of ether oxygens (including phenoxy) is 1. The van der Waals surface area contributed by atoms with Crippen LogP contribution in [0.2, 0.25) is 0 Å². The Morgan fingerprint density at radius 2 is 1.16 bits per heavy atom. The zero-order chi connectivity index (χ0) is 21.8. The van der Waals surface area contributed by atoms with E-state index >= 15 is 0 Å². The van der Waals surface area contributed by atoms with E-state index in [4.69, 9.17) is 4.74 Å². The SMILES string of the molecule is CCCCCCCC(/C=C/Br)OC(c1ccccc1)(c1ccccc1)c1ccccc1. The van der Waals surface area contributed by atoms with Crippen LogP contribution >= 0.6 is 15.9 Å². The van der Waals surface area contributed by atoms with Crippen LogP contribution in [0.25, 0.3) is 0 Å². The first-order valence-corrected chi connectivity index (χ1v) is 12.3. The number of benzene rings is 3. The van der Waals surface area contributed by atoms with Gasteiger partial charge in [-0.3, -0.25) is 0 Å². The fourth-order valence-electron chi connectivity index (χ4n) is 4.17. The lowest BCUT2D eigenvalue weighted by molar-refractivity contribution is -0.0285. The average Bonchev–Trinajstić information content (AvgIpc) is 2.84. The molecule has 0 amide bonds. The molecule has 1 atom stereocenters. The van der Waals surface area contributed by atoms with Crippen molar-refractivity contribution < 1.29 is 4.74 Å². The van der Waals surface area contributed by atoms with Crippen molar-refractivity contribution in [3.63, 3.8) is 0 Å². The molecule has 0 aromatic heterocycles. The largest absolute Gasteiger partial charge is 0.354 e. The van der Waals surface area contributed by atoms with E-state index in [1.807, 2.05) is 4.99 Å². The maximum absolute atomic E-state index is 7.13. The first-order chi connectivity index (χ1) is 15.3. The molecule has 0 bridgehead atoms. The molecule has 1 nitrogen and oxygen atoms in total. The van der Waals surface area contributed by atoms with Gasteiger partial charge >= 0.3 is 0 Å². The molecule has 0 N–H and O–H groups in total. The van der Waals surface area contributed by atoms with Crippen LogP contribution in [-0.4, -0.2) is 6.10 Å². The number of rotatable bonds is 12. The van der Waals surface area contributed by atoms with Crippen LogP contribution in [0.1, 0.15) is 62.1 Å². The third-order valence-electron chi connectivity index (χ3n) is 5.75. The molecule has 0 aliphatic carbocycles. The summed E-state index contributed by atoms with van der Waals surface area (Å²) >= 11 is 3.50. The molecule has 0 heterocycles. The molecule has 3 aromatic carbocycles. The van der Waals surface area contributed by atoms with Gasteiger partial charge in [-0.25, -0.2) is 0 Å². The molecule has 0 aliphatic rings. The van der Waals surface area contributed by atoms with Crippen molar-refractivity contribution in [3.8, 4) is 0 Å². The summed E-state index contributed by atoms with van der Waals surface area (Å²) in [6, 6.07) is 31.8. The summed E-state index contributed by atoms with van der Waals surface area (Å²) in [6.45, 7) is 2.26. The Kier molecular flexibility index (Phi) is 9.58. The molecule has 0 radical (unpaired) electrons. The van der Waals surface area contributed by atoms with Gasteiger partial charge < -0.3 is 4.74 Å². The Morgan fingerprint density at radius 3 is 1.58 bits per heavy atom. The monoisotopic (exact) mass is 476 g/mol. The predicted molar refractivity (Wildman–Crippen MR) is 136 cm³/mol. The first kappa shape index (κ1) is 23.5. The molecule has 3 aromatic rings. The van der Waals surface area contributed by atoms with E-state index in [0.29, 0.717) is 0 Å². The molecule has 0 fully saturated rings. The van der Waals surface area contributed by atoms with Crippen molar-refractivity contribution in [3.05, 3.63) is 119 Å². The Hall–Kier alpha value is -2.16. The van der Waals surface area contributed by atoms with Crippen molar-refractivity contribution in [1.29, 1.82) is 0 Å². The highest BCUT2D eigenvalue weighted by molar-refractivity contribution is 9.11. The molecule has 0 saturated carbocycles. The van der Waals surface area contributed by atoms with E-state index in [-0.39, 0.29) is 6.10 Å². The Morgan fingerprint density at radius 1 is 0.710 bits per heavy atom. The van der Waals surface area contributed by atoms with E-state index < -0.39 is 5.60 Å². The summed E-state index contributed by atoms with van der Waals surface area (Å²) in [5.41, 5.74) is 2.76. The zero-order valence-corrected chi connectivity index (χ0v) is 20.0. The second-order valence-electron chi connectivity index (χ2n) is 7.96. The van der Waals surface area contributed by atoms with Gasteiger partial charge in [0.05, 0.1) is 6.10 Å². The van der Waals surface area contributed by atoms with E-state index in [1.54, 1.807) is 0 Å². The quantitative estimate of drug-likeness (QED) is 0.187. The zero-order valence-electron chi connectivity index (χ0n) is 18.4. The van der Waals surface area contributed by atoms with Crippen LogP contribution in [0, 0.1) is 0 Å². The minimum absolute atomic E-state index is 0.00150. The van der Waals surface area contributed by atoms with Crippen LogP contribution < -0.4 is 0 Å². The number of hydrogen-bond acceptors (Lipinski definition) is 1. The topological polar surface area (TPSA) is 9.23 Å². The van der Waals surface area contributed by atoms with Crippen LogP contribution in [0.5, 0.6) is 0 Å². The fraction of sp³-hybridized carbons (Fsp3) is 0.310. The van der Waals surface area contributed by atoms with E-state index in [2.05, 4.69) is 120 Å². The van der Waals surface area contributed by atoms with Gasteiger partial charge in [-0.15, -0.1) is 0 Å². The summed E-state index contributed by atoms with van der Waals surface area (Å²) in [5, 5.41) is 0. The summed E-state index contributed by atoms with van der Waals surface area (Å²) in [6.07, 6.45) is 9.42. The van der Waals surface area contributed by atoms with Gasteiger partial charge in [0.2, 0.25) is 0 Å². The standard InChI is InChI=1S/C29H33BrO/c1-2-3-4-5-15-22-28(23-24-30)31-29(25-16-9-6-10-17-25,26-18-11-7-12-19-26)27-20-13-8-14-21-27/h6-14,16-21,23-24,28H,2-5,15,22H2,1H3/b24-23+. The minimum atomic E-state index is -0.676. The summed E-state index contributed by atoms with van der Waals surface area (Å²) < 4.78 is 7.13. The Balaban J connectivity index is 2.04. The average molecular weight is 477 g/mol. The second-order valence-corrected chi connectivity index (χ2v) is 8.49. The Bertz CT molecular complexity index is 793. The van der Waals surface area contributed by atoms with Gasteiger partial charge in [-0.1, -0.05) is 146 Å². The van der Waals surface area contributed by atoms with Crippen LogP contribution in [-0.2, 0) is 10.3 Å². The molecule has 1 unspecified atom stereocenters. The second kappa shape index (κ2) is 12.6. The third kappa shape index (κ3) is 6.18. The van der Waals surface area contributed by atoms with Crippen LogP contribution in [0.3, 0.4) is 0 Å². The molecule has 31 heavy (non-hydrogen) atoms. The van der Waals surface area contributed by atoms with Crippen molar-refractivity contribution in [2.24, 2.45) is 0 Å². The highest BCUT2D eigenvalue weighted by Gasteiger charge is 2.39. The fourth-order valence-corrected chi connectivity index (χ4v) is 4.51. The molecule has 0 saturated heterocycles. The van der Waals surface area contributed by atoms with Crippen LogP contribution in [0.4, 0.5) is 0 Å². The number of halogens is 1. The molecule has 0 spiro atoms. The lowest BCUT2D eigenvalue weighted by atomic mass is 9.79. The van der Waals surface area contributed by atoms with Gasteiger partial charge in [-0.05, 0) is 34.2 Å². The predicted octanol–water partition coefficient (Wildman–Crippen LogP) is 8.63. The normalized spacial score (nSPS) is 12.8. The molecule has 3 rings (SSSR count). The summed E-state index contributed by atoms with van der Waals surface area (Å²) in [5.74, 6) is 0. The van der Waals surface area contributed by atoms with Crippen molar-refractivity contribution in [2.75, 3.05) is 0 Å². The van der Waals surface area contributed by atoms with Crippen molar-refractivity contribution in [1.82, 2.24) is 0 Å². The first-order valence-electron chi connectivity index (χ1n) is 11.4. The molecule has 2 heteroatoms. The van der Waals surface area contributed by atoms with Gasteiger partial charge in [0, 0.05) is 0 Å². The lowest BCUT2D eigenvalue weighted by Crippen LogP contribution is -2.36. The third-order valence-corrected chi connectivity index (χ3v) is 6.05. The lowest BCUT2D eigenvalue weighted by Gasteiger charge is -2.38. The van der Waals surface area contributed by atoms with E-state index in [1.165, 1.54) is 25.7 Å². The van der Waals surface area contributed by atoms with Gasteiger partial charge in [0.15, 0.2) is 0 Å². The van der Waals surface area contributed by atoms with Crippen molar-refractivity contribution >= 4 is 15.9 Å². The molecule has 0 aliphatic heterocycles. The summed E-state index contributed by atoms with van der Waals surface area (Å²) in [7, 11) is 0. The molecule has 162 valence electrons. The van der Waals surface area contributed by atoms with E-state index in [0.717, 1.165) is 29.5 Å². The number of unbranched alkanes of at least 4 members (excludes halogenated alkanes) is 4. The Labute approximate surface area is 196 Å². The number of hydrogen-bond donors (Lipinski definition) is 0. The summed E-state index contributed by atoms with van der Waals surface area (Å²) in [4.78, 5) is 1.94. The smallest absolute Gasteiger partial charge is 0.144 e. The van der Waals surface area contributed by atoms with Gasteiger partial charge in [0.1, 0.15) is 5.60 Å². The maximum atomic E-state index is 7.13. The minimum Gasteiger partial charge on any atom is -0.354 e. The van der Waals surface area contributed by atoms with E-state index in [9.17, 15) is 0 Å². The highest BCUT2D eigenvalue weighted by atomic mass is 79.9. The van der Waals surface area contributed by atoms with Crippen LogP contribution in [0.15, 0.2) is 102 Å². The highest BCUT2D eigenvalue weighted by Crippen LogP contribution is 2.42. The van der Waals surface area contributed by atoms with Gasteiger partial charge in [0.25, 0.3) is 0 Å². The van der Waals surface area contributed by atoms with Gasteiger partial charge in [-0.2, -0.15) is 0 Å². The molecular formula is C29H33BrO. The maximum Gasteiger partial charge on any atom is 0.144 e. The molecular weight excluding hydrogens is 444 g/mol. The van der Waals surface area contributed by atoms with Crippen molar-refractivity contribution in [2.45, 2.75) is 57.2 Å².